The lowest BCUT2D eigenvalue weighted by Gasteiger charge is -2.11. The average Bonchev–Trinajstić information content (AvgIpc) is 3.06. The van der Waals surface area contributed by atoms with Crippen molar-refractivity contribution in [2.45, 2.75) is 26.9 Å². The molecule has 3 aromatic carbocycles. The van der Waals surface area contributed by atoms with Crippen LogP contribution in [0.4, 0.5) is 0 Å². The molecular formula is C24H23N3O. The first kappa shape index (κ1) is 18.0. The number of amides is 1. The lowest BCUT2D eigenvalue weighted by atomic mass is 10.1. The van der Waals surface area contributed by atoms with Crippen LogP contribution in [0, 0.1) is 13.8 Å². The monoisotopic (exact) mass is 369 g/mol. The number of hydrogen-bond donors (Lipinski definition) is 1. The van der Waals surface area contributed by atoms with E-state index in [2.05, 4.69) is 47.1 Å². The highest BCUT2D eigenvalue weighted by Gasteiger charge is 2.13. The number of aryl methyl sites for hydroxylation is 2. The Labute approximate surface area is 164 Å². The molecule has 0 aliphatic carbocycles. The second-order valence-electron chi connectivity index (χ2n) is 7.14. The smallest absolute Gasteiger partial charge is 0.251 e. The minimum Gasteiger partial charge on any atom is -0.345 e. The second kappa shape index (κ2) is 7.69. The van der Waals surface area contributed by atoms with Gasteiger partial charge in [-0.2, -0.15) is 0 Å². The maximum atomic E-state index is 12.5. The van der Waals surface area contributed by atoms with Gasteiger partial charge in [0.05, 0.1) is 17.6 Å². The quantitative estimate of drug-likeness (QED) is 0.557. The van der Waals surface area contributed by atoms with Gasteiger partial charge in [0.2, 0.25) is 0 Å². The molecule has 0 bridgehead atoms. The van der Waals surface area contributed by atoms with Crippen molar-refractivity contribution < 1.29 is 4.79 Å². The predicted octanol–water partition coefficient (Wildman–Crippen LogP) is 4.63. The van der Waals surface area contributed by atoms with Crippen molar-refractivity contribution in [1.82, 2.24) is 14.9 Å². The van der Waals surface area contributed by atoms with Gasteiger partial charge in [0, 0.05) is 12.1 Å². The topological polar surface area (TPSA) is 46.9 Å². The maximum Gasteiger partial charge on any atom is 0.251 e. The lowest BCUT2D eigenvalue weighted by molar-refractivity contribution is 0.0949. The molecule has 0 aliphatic heterocycles. The van der Waals surface area contributed by atoms with Crippen LogP contribution in [0.1, 0.15) is 32.9 Å². The van der Waals surface area contributed by atoms with Gasteiger partial charge in [-0.05, 0) is 43.7 Å². The van der Waals surface area contributed by atoms with Crippen molar-refractivity contribution in [1.29, 1.82) is 0 Å². The van der Waals surface area contributed by atoms with E-state index in [1.54, 1.807) is 0 Å². The summed E-state index contributed by atoms with van der Waals surface area (Å²) in [5.41, 5.74) is 6.25. The zero-order valence-electron chi connectivity index (χ0n) is 16.1. The van der Waals surface area contributed by atoms with Gasteiger partial charge in [-0.1, -0.05) is 59.7 Å². The third-order valence-electron chi connectivity index (χ3n) is 4.92. The molecule has 0 atom stereocenters. The fraction of sp³-hybridized carbons (Fsp3) is 0.167. The Bertz CT molecular complexity index is 1110. The van der Waals surface area contributed by atoms with Crippen LogP contribution in [0.15, 0.2) is 72.8 Å². The van der Waals surface area contributed by atoms with Crippen LogP contribution >= 0.6 is 0 Å². The summed E-state index contributed by atoms with van der Waals surface area (Å²) in [7, 11) is 0. The molecule has 1 heterocycles. The molecule has 0 saturated heterocycles. The van der Waals surface area contributed by atoms with Crippen LogP contribution in [0.3, 0.4) is 0 Å². The molecule has 0 spiro atoms. The summed E-state index contributed by atoms with van der Waals surface area (Å²) in [6, 6.07) is 24.2. The van der Waals surface area contributed by atoms with E-state index in [1.807, 2.05) is 49.4 Å². The molecule has 140 valence electrons. The summed E-state index contributed by atoms with van der Waals surface area (Å²) < 4.78 is 2.18. The highest BCUT2D eigenvalue weighted by molar-refractivity contribution is 5.94. The van der Waals surface area contributed by atoms with E-state index in [0.717, 1.165) is 29.0 Å². The molecule has 1 aromatic heterocycles. The predicted molar refractivity (Wildman–Crippen MR) is 112 cm³/mol. The van der Waals surface area contributed by atoms with Gasteiger partial charge in [0.15, 0.2) is 0 Å². The van der Waals surface area contributed by atoms with E-state index >= 15 is 0 Å². The summed E-state index contributed by atoms with van der Waals surface area (Å²) in [6.07, 6.45) is 0. The van der Waals surface area contributed by atoms with E-state index in [4.69, 9.17) is 4.98 Å². The van der Waals surface area contributed by atoms with Crippen LogP contribution in [0.2, 0.25) is 0 Å². The average molecular weight is 369 g/mol. The van der Waals surface area contributed by atoms with E-state index in [1.165, 1.54) is 11.1 Å². The molecule has 4 rings (SSSR count). The van der Waals surface area contributed by atoms with Gasteiger partial charge >= 0.3 is 0 Å². The summed E-state index contributed by atoms with van der Waals surface area (Å²) in [6.45, 7) is 5.20. The number of imidazole rings is 1. The van der Waals surface area contributed by atoms with Crippen LogP contribution < -0.4 is 5.32 Å². The third kappa shape index (κ3) is 3.81. The third-order valence-corrected chi connectivity index (χ3v) is 4.92. The molecule has 0 aliphatic rings. The molecule has 28 heavy (non-hydrogen) atoms. The van der Waals surface area contributed by atoms with E-state index in [-0.39, 0.29) is 5.91 Å². The number of rotatable bonds is 5. The highest BCUT2D eigenvalue weighted by Crippen LogP contribution is 2.18. The standard InChI is InChI=1S/C24H23N3O/c1-17-7-11-19(12-8-17)16-27-22-6-4-3-5-21(22)26-23(27)15-25-24(28)20-13-9-18(2)10-14-20/h3-14H,15-16H2,1-2H3,(H,25,28). The normalized spacial score (nSPS) is 10.9. The molecule has 0 saturated carbocycles. The zero-order valence-corrected chi connectivity index (χ0v) is 16.1. The fourth-order valence-corrected chi connectivity index (χ4v) is 3.28. The first-order valence-electron chi connectivity index (χ1n) is 9.45. The van der Waals surface area contributed by atoms with Gasteiger partial charge in [-0.25, -0.2) is 4.98 Å². The summed E-state index contributed by atoms with van der Waals surface area (Å²) in [5.74, 6) is 0.760. The Morgan fingerprint density at radius 1 is 0.893 bits per heavy atom. The molecule has 0 radical (unpaired) electrons. The number of benzene rings is 3. The van der Waals surface area contributed by atoms with Crippen molar-refractivity contribution in [2.24, 2.45) is 0 Å². The summed E-state index contributed by atoms with van der Waals surface area (Å²) in [5, 5.41) is 3.01. The first-order chi connectivity index (χ1) is 13.6. The Kier molecular flexibility index (Phi) is 4.94. The zero-order chi connectivity index (χ0) is 19.5. The van der Waals surface area contributed by atoms with E-state index in [9.17, 15) is 4.79 Å². The van der Waals surface area contributed by atoms with Gasteiger partial charge < -0.3 is 9.88 Å². The molecule has 1 amide bonds. The Morgan fingerprint density at radius 2 is 1.54 bits per heavy atom. The summed E-state index contributed by atoms with van der Waals surface area (Å²) >= 11 is 0. The molecule has 0 fully saturated rings. The molecule has 4 aromatic rings. The van der Waals surface area contributed by atoms with Crippen molar-refractivity contribution in [3.63, 3.8) is 0 Å². The molecule has 1 N–H and O–H groups in total. The van der Waals surface area contributed by atoms with Crippen LogP contribution in [-0.4, -0.2) is 15.5 Å². The van der Waals surface area contributed by atoms with Crippen LogP contribution in [0.25, 0.3) is 11.0 Å². The Morgan fingerprint density at radius 3 is 2.25 bits per heavy atom. The SMILES string of the molecule is Cc1ccc(Cn2c(CNC(=O)c3ccc(C)cc3)nc3ccccc32)cc1. The summed E-state index contributed by atoms with van der Waals surface area (Å²) in [4.78, 5) is 17.3. The van der Waals surface area contributed by atoms with Gasteiger partial charge in [0.25, 0.3) is 5.91 Å². The molecule has 0 unspecified atom stereocenters. The minimum absolute atomic E-state index is 0.0889. The number of para-hydroxylation sites is 2. The van der Waals surface area contributed by atoms with Gasteiger partial charge in [-0.3, -0.25) is 4.79 Å². The number of hydrogen-bond acceptors (Lipinski definition) is 2. The van der Waals surface area contributed by atoms with Crippen molar-refractivity contribution in [3.05, 3.63) is 101 Å². The highest BCUT2D eigenvalue weighted by atomic mass is 16.1. The van der Waals surface area contributed by atoms with E-state index < -0.39 is 0 Å². The number of carbonyl (C=O) groups is 1. The van der Waals surface area contributed by atoms with E-state index in [0.29, 0.717) is 12.1 Å². The lowest BCUT2D eigenvalue weighted by Crippen LogP contribution is -2.24. The number of aromatic nitrogens is 2. The number of nitrogens with zero attached hydrogens (tertiary/aromatic N) is 2. The van der Waals surface area contributed by atoms with Crippen molar-refractivity contribution >= 4 is 16.9 Å². The number of carbonyl (C=O) groups excluding carboxylic acids is 1. The van der Waals surface area contributed by atoms with Gasteiger partial charge in [0.1, 0.15) is 5.82 Å². The molecular weight excluding hydrogens is 346 g/mol. The van der Waals surface area contributed by atoms with Crippen molar-refractivity contribution in [2.75, 3.05) is 0 Å². The van der Waals surface area contributed by atoms with Crippen molar-refractivity contribution in [3.8, 4) is 0 Å². The number of nitrogens with one attached hydrogen (secondary N) is 1. The minimum atomic E-state index is -0.0889. The fourth-order valence-electron chi connectivity index (χ4n) is 3.28. The Hall–Kier alpha value is -3.40. The first-order valence-corrected chi connectivity index (χ1v) is 9.45. The Balaban J connectivity index is 1.60. The van der Waals surface area contributed by atoms with Crippen LogP contribution in [-0.2, 0) is 13.1 Å². The number of fused-ring (bicyclic) bond motifs is 1. The maximum absolute atomic E-state index is 12.5. The second-order valence-corrected chi connectivity index (χ2v) is 7.14. The van der Waals surface area contributed by atoms with Gasteiger partial charge in [-0.15, -0.1) is 0 Å². The molecule has 4 heteroatoms. The van der Waals surface area contributed by atoms with Crippen LogP contribution in [0.5, 0.6) is 0 Å². The molecule has 4 nitrogen and oxygen atoms in total. The largest absolute Gasteiger partial charge is 0.345 e.